The maximum atomic E-state index is 11.6. The van der Waals surface area contributed by atoms with Gasteiger partial charge in [-0.1, -0.05) is 50.9 Å². The molecule has 1 atom stereocenters. The number of halogens is 2. The third-order valence-corrected chi connectivity index (χ3v) is 4.13. The molecule has 0 spiro atoms. The Kier molecular flexibility index (Phi) is 6.82. The van der Waals surface area contributed by atoms with Crippen molar-refractivity contribution >= 4 is 37.8 Å². The predicted molar refractivity (Wildman–Crippen MR) is 78.5 cm³/mol. The quantitative estimate of drug-likeness (QED) is 0.768. The van der Waals surface area contributed by atoms with E-state index in [-0.39, 0.29) is 5.91 Å². The van der Waals surface area contributed by atoms with Crippen LogP contribution in [0.25, 0.3) is 0 Å². The highest BCUT2D eigenvalue weighted by Crippen LogP contribution is 2.11. The Balaban J connectivity index is 2.27. The molecule has 1 aromatic rings. The molecule has 1 amide bonds. The number of hydrogen-bond acceptors (Lipinski definition) is 1. The molecule has 0 saturated carbocycles. The van der Waals surface area contributed by atoms with Gasteiger partial charge in [-0.15, -0.1) is 0 Å². The van der Waals surface area contributed by atoms with Gasteiger partial charge in [0, 0.05) is 15.8 Å². The molecule has 0 radical (unpaired) electrons. The normalized spacial score (nSPS) is 12.2. The number of amides is 1. The number of alkyl halides is 1. The van der Waals surface area contributed by atoms with Crippen LogP contribution < -0.4 is 5.32 Å². The summed E-state index contributed by atoms with van der Waals surface area (Å²) in [5.41, 5.74) is 1.04. The maximum absolute atomic E-state index is 11.6. The highest BCUT2D eigenvalue weighted by molar-refractivity contribution is 9.10. The van der Waals surface area contributed by atoms with Crippen LogP contribution in [0.5, 0.6) is 0 Å². The molecule has 94 valence electrons. The van der Waals surface area contributed by atoms with Gasteiger partial charge in [0.15, 0.2) is 0 Å². The molecule has 1 aromatic carbocycles. The van der Waals surface area contributed by atoms with Crippen molar-refractivity contribution in [3.63, 3.8) is 0 Å². The molecule has 1 N–H and O–H groups in total. The summed E-state index contributed by atoms with van der Waals surface area (Å²) in [6, 6.07) is 7.83. The fourth-order valence-electron chi connectivity index (χ4n) is 1.42. The molecule has 2 nitrogen and oxygen atoms in total. The first-order chi connectivity index (χ1) is 8.11. The van der Waals surface area contributed by atoms with Crippen molar-refractivity contribution in [1.29, 1.82) is 0 Å². The lowest BCUT2D eigenvalue weighted by Gasteiger charge is -2.08. The topological polar surface area (TPSA) is 29.1 Å². The van der Waals surface area contributed by atoms with E-state index in [9.17, 15) is 4.79 Å². The average molecular weight is 363 g/mol. The SMILES string of the molecule is CCC(Br)CCNC(=O)Cc1ccc(Br)cc1. The Bertz CT molecular complexity index is 351. The highest BCUT2D eigenvalue weighted by Gasteiger charge is 2.04. The van der Waals surface area contributed by atoms with Crippen LogP contribution in [0.3, 0.4) is 0 Å². The largest absolute Gasteiger partial charge is 0.356 e. The Morgan fingerprint density at radius 3 is 2.59 bits per heavy atom. The average Bonchev–Trinajstić information content (AvgIpc) is 2.32. The van der Waals surface area contributed by atoms with Crippen LogP contribution in [0.1, 0.15) is 25.3 Å². The second-order valence-electron chi connectivity index (χ2n) is 3.95. The molecule has 0 bridgehead atoms. The number of nitrogens with one attached hydrogen (secondary N) is 1. The van der Waals surface area contributed by atoms with E-state index < -0.39 is 0 Å². The van der Waals surface area contributed by atoms with E-state index in [0.29, 0.717) is 11.2 Å². The lowest BCUT2D eigenvalue weighted by atomic mass is 10.1. The number of benzene rings is 1. The summed E-state index contributed by atoms with van der Waals surface area (Å²) in [5, 5.41) is 2.93. The lowest BCUT2D eigenvalue weighted by Crippen LogP contribution is -2.27. The van der Waals surface area contributed by atoms with E-state index >= 15 is 0 Å². The monoisotopic (exact) mass is 361 g/mol. The van der Waals surface area contributed by atoms with Crippen LogP contribution >= 0.6 is 31.9 Å². The molecular weight excluding hydrogens is 346 g/mol. The predicted octanol–water partition coefficient (Wildman–Crippen LogP) is 3.67. The Labute approximate surface area is 119 Å². The first-order valence-corrected chi connectivity index (χ1v) is 7.48. The molecule has 0 aliphatic heterocycles. The molecule has 0 heterocycles. The van der Waals surface area contributed by atoms with E-state index in [2.05, 4.69) is 44.1 Å². The van der Waals surface area contributed by atoms with Crippen LogP contribution in [0.2, 0.25) is 0 Å². The van der Waals surface area contributed by atoms with Crippen molar-refractivity contribution in [3.05, 3.63) is 34.3 Å². The first-order valence-electron chi connectivity index (χ1n) is 5.77. The van der Waals surface area contributed by atoms with Crippen LogP contribution in [0, 0.1) is 0 Å². The number of carbonyl (C=O) groups is 1. The van der Waals surface area contributed by atoms with Crippen LogP contribution in [0.4, 0.5) is 0 Å². The minimum absolute atomic E-state index is 0.0862. The van der Waals surface area contributed by atoms with Crippen molar-refractivity contribution in [2.24, 2.45) is 0 Å². The van der Waals surface area contributed by atoms with Gasteiger partial charge in [0.05, 0.1) is 6.42 Å². The van der Waals surface area contributed by atoms with Gasteiger partial charge in [0.2, 0.25) is 5.91 Å². The van der Waals surface area contributed by atoms with Gasteiger partial charge in [-0.05, 0) is 30.5 Å². The molecule has 1 rings (SSSR count). The Morgan fingerprint density at radius 1 is 1.35 bits per heavy atom. The summed E-state index contributed by atoms with van der Waals surface area (Å²) in [6.45, 7) is 2.86. The van der Waals surface area contributed by atoms with Gasteiger partial charge in [-0.25, -0.2) is 0 Å². The zero-order valence-electron chi connectivity index (χ0n) is 9.88. The molecular formula is C13H17Br2NO. The standard InChI is InChI=1S/C13H17Br2NO/c1-2-11(14)7-8-16-13(17)9-10-3-5-12(15)6-4-10/h3-6,11H,2,7-9H2,1H3,(H,16,17). The molecule has 0 fully saturated rings. The fraction of sp³-hybridized carbons (Fsp3) is 0.462. The summed E-state index contributed by atoms with van der Waals surface area (Å²) in [6.07, 6.45) is 2.51. The van der Waals surface area contributed by atoms with Gasteiger partial charge in [0.25, 0.3) is 0 Å². The molecule has 17 heavy (non-hydrogen) atoms. The number of carbonyl (C=O) groups excluding carboxylic acids is 1. The Hall–Kier alpha value is -0.350. The molecule has 0 aromatic heterocycles. The smallest absolute Gasteiger partial charge is 0.224 e. The lowest BCUT2D eigenvalue weighted by molar-refractivity contribution is -0.120. The van der Waals surface area contributed by atoms with Crippen LogP contribution in [0.15, 0.2) is 28.7 Å². The minimum Gasteiger partial charge on any atom is -0.356 e. The second kappa shape index (κ2) is 7.88. The van der Waals surface area contributed by atoms with E-state index in [1.807, 2.05) is 24.3 Å². The summed E-state index contributed by atoms with van der Waals surface area (Å²) in [4.78, 5) is 12.1. The third kappa shape index (κ3) is 6.22. The summed E-state index contributed by atoms with van der Waals surface area (Å²) in [5.74, 6) is 0.0862. The first kappa shape index (κ1) is 14.7. The van der Waals surface area contributed by atoms with Crippen molar-refractivity contribution in [3.8, 4) is 0 Å². The fourth-order valence-corrected chi connectivity index (χ4v) is 1.92. The zero-order chi connectivity index (χ0) is 12.7. The van der Waals surface area contributed by atoms with Crippen LogP contribution in [-0.4, -0.2) is 17.3 Å². The molecule has 0 aliphatic rings. The van der Waals surface area contributed by atoms with Crippen LogP contribution in [-0.2, 0) is 11.2 Å². The van der Waals surface area contributed by atoms with Gasteiger partial charge >= 0.3 is 0 Å². The van der Waals surface area contributed by atoms with Gasteiger partial charge in [-0.2, -0.15) is 0 Å². The summed E-state index contributed by atoms with van der Waals surface area (Å²) in [7, 11) is 0. The number of rotatable bonds is 6. The second-order valence-corrected chi connectivity index (χ2v) is 6.16. The molecule has 4 heteroatoms. The summed E-state index contributed by atoms with van der Waals surface area (Å²) >= 11 is 6.92. The van der Waals surface area contributed by atoms with Crippen molar-refractivity contribution in [2.75, 3.05) is 6.54 Å². The maximum Gasteiger partial charge on any atom is 0.224 e. The molecule has 0 saturated heterocycles. The van der Waals surface area contributed by atoms with Crippen molar-refractivity contribution in [1.82, 2.24) is 5.32 Å². The van der Waals surface area contributed by atoms with E-state index in [1.54, 1.807) is 0 Å². The highest BCUT2D eigenvalue weighted by atomic mass is 79.9. The zero-order valence-corrected chi connectivity index (χ0v) is 13.1. The van der Waals surface area contributed by atoms with E-state index in [0.717, 1.165) is 29.4 Å². The molecule has 0 aliphatic carbocycles. The van der Waals surface area contributed by atoms with Gasteiger partial charge in [-0.3, -0.25) is 4.79 Å². The molecule has 1 unspecified atom stereocenters. The third-order valence-electron chi connectivity index (χ3n) is 2.50. The van der Waals surface area contributed by atoms with Crippen molar-refractivity contribution in [2.45, 2.75) is 31.0 Å². The van der Waals surface area contributed by atoms with E-state index in [1.165, 1.54) is 0 Å². The Morgan fingerprint density at radius 2 is 2.00 bits per heavy atom. The van der Waals surface area contributed by atoms with Gasteiger partial charge in [0.1, 0.15) is 0 Å². The number of hydrogen-bond donors (Lipinski definition) is 1. The van der Waals surface area contributed by atoms with Gasteiger partial charge < -0.3 is 5.32 Å². The summed E-state index contributed by atoms with van der Waals surface area (Å²) < 4.78 is 1.03. The minimum atomic E-state index is 0.0862. The van der Waals surface area contributed by atoms with E-state index in [4.69, 9.17) is 0 Å². The van der Waals surface area contributed by atoms with Crippen molar-refractivity contribution < 1.29 is 4.79 Å².